The first-order valence-corrected chi connectivity index (χ1v) is 9.21. The summed E-state index contributed by atoms with van der Waals surface area (Å²) >= 11 is 0. The van der Waals surface area contributed by atoms with Crippen LogP contribution in [0.1, 0.15) is 12.8 Å². The number of esters is 1. The lowest BCUT2D eigenvalue weighted by Crippen LogP contribution is -2.37. The molecule has 0 bridgehead atoms. The minimum absolute atomic E-state index is 0.0285. The van der Waals surface area contributed by atoms with E-state index in [4.69, 9.17) is 0 Å². The zero-order valence-corrected chi connectivity index (χ0v) is 15.2. The van der Waals surface area contributed by atoms with Gasteiger partial charge in [0.05, 0.1) is 6.54 Å². The van der Waals surface area contributed by atoms with E-state index in [1.54, 1.807) is 0 Å². The molecule has 0 unspecified atom stereocenters. The lowest BCUT2D eigenvalue weighted by molar-refractivity contribution is -0.148. The van der Waals surface area contributed by atoms with Crippen molar-refractivity contribution >= 4 is 27.8 Å². The van der Waals surface area contributed by atoms with Crippen molar-refractivity contribution in [1.82, 2.24) is 15.4 Å². The third-order valence-corrected chi connectivity index (χ3v) is 4.62. The molecule has 3 N–H and O–H groups in total. The van der Waals surface area contributed by atoms with Crippen LogP contribution < -0.4 is 15.4 Å². The van der Waals surface area contributed by atoms with Gasteiger partial charge in [0.2, 0.25) is 15.9 Å². The summed E-state index contributed by atoms with van der Waals surface area (Å²) in [4.78, 5) is 33.0. The first-order chi connectivity index (χ1) is 12.7. The fourth-order valence-electron chi connectivity index (χ4n) is 1.75. The highest BCUT2D eigenvalue weighted by molar-refractivity contribution is 7.89. The summed E-state index contributed by atoms with van der Waals surface area (Å²) < 4.78 is 56.8. The highest BCUT2D eigenvalue weighted by atomic mass is 32.2. The maximum absolute atomic E-state index is 13.5. The molecule has 0 heterocycles. The second-order valence-corrected chi connectivity index (χ2v) is 6.92. The lowest BCUT2D eigenvalue weighted by atomic mass is 10.3. The number of nitrogens with one attached hydrogen (secondary N) is 3. The number of carbonyl (C=O) groups is 3. The first-order valence-electron chi connectivity index (χ1n) is 7.73. The number of carbonyl (C=O) groups excluding carboxylic acids is 3. The Hall–Kier alpha value is -2.60. The Morgan fingerprint density at radius 3 is 2.48 bits per heavy atom. The van der Waals surface area contributed by atoms with Gasteiger partial charge in [0, 0.05) is 26.1 Å². The van der Waals surface area contributed by atoms with Crippen LogP contribution in [-0.2, 0) is 29.1 Å². The molecule has 0 saturated heterocycles. The van der Waals surface area contributed by atoms with E-state index < -0.39 is 50.9 Å². The molecule has 12 heteroatoms. The minimum atomic E-state index is -4.20. The molecule has 0 aliphatic rings. The largest absolute Gasteiger partial charge is 0.456 e. The van der Waals surface area contributed by atoms with Gasteiger partial charge in [0.25, 0.3) is 5.91 Å². The normalized spacial score (nSPS) is 10.9. The van der Waals surface area contributed by atoms with Crippen LogP contribution in [0.15, 0.2) is 23.1 Å². The Bertz CT molecular complexity index is 801. The fraction of sp³-hybridized carbons (Fsp3) is 0.400. The lowest BCUT2D eigenvalue weighted by Gasteiger charge is -2.08. The molecular weight excluding hydrogens is 388 g/mol. The molecule has 1 aromatic rings. The highest BCUT2D eigenvalue weighted by Crippen LogP contribution is 2.15. The van der Waals surface area contributed by atoms with Crippen molar-refractivity contribution in [1.29, 1.82) is 0 Å². The predicted octanol–water partition coefficient (Wildman–Crippen LogP) is -0.571. The molecule has 27 heavy (non-hydrogen) atoms. The smallest absolute Gasteiger partial charge is 0.306 e. The quantitative estimate of drug-likeness (QED) is 0.352. The summed E-state index contributed by atoms with van der Waals surface area (Å²) in [5.74, 6) is -3.98. The molecule has 0 atom stereocenters. The standard InChI is InChI=1S/C15H19F2N3O6S/c1-18-13(21)8-19-14(22)9-26-15(23)3-2-6-20-27(24,25)12-5-4-10(16)7-11(12)17/h4-5,7,20H,2-3,6,8-9H2,1H3,(H,18,21)(H,19,22). The Morgan fingerprint density at radius 2 is 1.85 bits per heavy atom. The molecule has 0 saturated carbocycles. The minimum Gasteiger partial charge on any atom is -0.456 e. The van der Waals surface area contributed by atoms with Crippen LogP contribution in [-0.4, -0.2) is 52.9 Å². The molecule has 0 spiro atoms. The summed E-state index contributed by atoms with van der Waals surface area (Å²) in [6.45, 7) is -1.03. The highest BCUT2D eigenvalue weighted by Gasteiger charge is 2.19. The summed E-state index contributed by atoms with van der Waals surface area (Å²) in [6.07, 6.45) is -0.169. The number of rotatable bonds is 10. The number of benzene rings is 1. The van der Waals surface area contributed by atoms with Gasteiger partial charge >= 0.3 is 5.97 Å². The number of hydrogen-bond donors (Lipinski definition) is 3. The van der Waals surface area contributed by atoms with Crippen molar-refractivity contribution in [2.24, 2.45) is 0 Å². The SMILES string of the molecule is CNC(=O)CNC(=O)COC(=O)CCCNS(=O)(=O)c1ccc(F)cc1F. The van der Waals surface area contributed by atoms with Crippen LogP contribution in [0.5, 0.6) is 0 Å². The summed E-state index contributed by atoms with van der Waals surface area (Å²) in [5, 5.41) is 4.51. The Morgan fingerprint density at radius 1 is 1.15 bits per heavy atom. The van der Waals surface area contributed by atoms with Crippen LogP contribution in [0.4, 0.5) is 8.78 Å². The van der Waals surface area contributed by atoms with Crippen molar-refractivity contribution in [3.63, 3.8) is 0 Å². The van der Waals surface area contributed by atoms with Gasteiger partial charge in [0.1, 0.15) is 16.5 Å². The van der Waals surface area contributed by atoms with Crippen molar-refractivity contribution < 1.29 is 36.3 Å². The molecule has 9 nitrogen and oxygen atoms in total. The maximum Gasteiger partial charge on any atom is 0.306 e. The van der Waals surface area contributed by atoms with E-state index in [-0.39, 0.29) is 25.9 Å². The average molecular weight is 407 g/mol. The number of ether oxygens (including phenoxy) is 1. The van der Waals surface area contributed by atoms with Crippen LogP contribution in [0, 0.1) is 11.6 Å². The van der Waals surface area contributed by atoms with Gasteiger partial charge in [-0.3, -0.25) is 14.4 Å². The first kappa shape index (κ1) is 22.4. The topological polar surface area (TPSA) is 131 Å². The predicted molar refractivity (Wildman–Crippen MR) is 88.8 cm³/mol. The summed E-state index contributed by atoms with van der Waals surface area (Å²) in [6, 6.07) is 2.05. The summed E-state index contributed by atoms with van der Waals surface area (Å²) in [5.41, 5.74) is 0. The van der Waals surface area contributed by atoms with Gasteiger partial charge in [-0.25, -0.2) is 21.9 Å². The molecular formula is C15H19F2N3O6S. The number of halogens is 2. The molecule has 1 aromatic carbocycles. The number of likely N-dealkylation sites (N-methyl/N-ethyl adjacent to an activating group) is 1. The number of amides is 2. The Labute approximate surface area is 154 Å². The van der Waals surface area contributed by atoms with Gasteiger partial charge in [0.15, 0.2) is 6.61 Å². The molecule has 0 fully saturated rings. The van der Waals surface area contributed by atoms with Gasteiger partial charge in [-0.15, -0.1) is 0 Å². The zero-order chi connectivity index (χ0) is 20.4. The third kappa shape index (κ3) is 8.09. The van der Waals surface area contributed by atoms with Gasteiger partial charge in [-0.1, -0.05) is 0 Å². The summed E-state index contributed by atoms with van der Waals surface area (Å²) in [7, 11) is -2.80. The number of sulfonamides is 1. The van der Waals surface area contributed by atoms with Crippen LogP contribution >= 0.6 is 0 Å². The molecule has 0 aliphatic heterocycles. The van der Waals surface area contributed by atoms with Gasteiger partial charge < -0.3 is 15.4 Å². The van der Waals surface area contributed by atoms with Crippen LogP contribution in [0.25, 0.3) is 0 Å². The van der Waals surface area contributed by atoms with E-state index in [2.05, 4.69) is 20.1 Å². The van der Waals surface area contributed by atoms with E-state index >= 15 is 0 Å². The second-order valence-electron chi connectivity index (χ2n) is 5.19. The average Bonchev–Trinajstić information content (AvgIpc) is 2.61. The van der Waals surface area contributed by atoms with Gasteiger partial charge in [-0.05, 0) is 18.6 Å². The maximum atomic E-state index is 13.5. The van der Waals surface area contributed by atoms with E-state index in [9.17, 15) is 31.6 Å². The Balaban J connectivity index is 2.31. The zero-order valence-electron chi connectivity index (χ0n) is 14.4. The van der Waals surface area contributed by atoms with Crippen molar-refractivity contribution in [2.75, 3.05) is 26.7 Å². The molecule has 1 rings (SSSR count). The van der Waals surface area contributed by atoms with Crippen molar-refractivity contribution in [2.45, 2.75) is 17.7 Å². The van der Waals surface area contributed by atoms with Gasteiger partial charge in [-0.2, -0.15) is 0 Å². The molecule has 0 aliphatic carbocycles. The Kier molecular flexibility index (Phi) is 8.75. The molecule has 2 amide bonds. The monoisotopic (exact) mass is 407 g/mol. The van der Waals surface area contributed by atoms with Crippen molar-refractivity contribution in [3.8, 4) is 0 Å². The van der Waals surface area contributed by atoms with Crippen molar-refractivity contribution in [3.05, 3.63) is 29.8 Å². The van der Waals surface area contributed by atoms with Crippen LogP contribution in [0.2, 0.25) is 0 Å². The molecule has 0 aromatic heterocycles. The number of hydrogen-bond acceptors (Lipinski definition) is 6. The van der Waals surface area contributed by atoms with E-state index in [0.29, 0.717) is 6.07 Å². The molecule has 150 valence electrons. The molecule has 0 radical (unpaired) electrons. The second kappa shape index (κ2) is 10.5. The van der Waals surface area contributed by atoms with E-state index in [1.165, 1.54) is 7.05 Å². The fourth-order valence-corrected chi connectivity index (χ4v) is 2.88. The third-order valence-electron chi connectivity index (χ3n) is 3.12. The van der Waals surface area contributed by atoms with Crippen LogP contribution in [0.3, 0.4) is 0 Å². The van der Waals surface area contributed by atoms with E-state index in [1.807, 2.05) is 0 Å². The van der Waals surface area contributed by atoms with E-state index in [0.717, 1.165) is 12.1 Å².